The Balaban J connectivity index is 1.68. The number of thioether (sulfide) groups is 1. The van der Waals surface area contributed by atoms with Crippen LogP contribution in [0.3, 0.4) is 0 Å². The first-order valence-electron chi connectivity index (χ1n) is 11.0. The van der Waals surface area contributed by atoms with E-state index in [4.69, 9.17) is 13.9 Å². The van der Waals surface area contributed by atoms with Crippen molar-refractivity contribution < 1.29 is 18.7 Å². The predicted molar refractivity (Wildman–Crippen MR) is 140 cm³/mol. The van der Waals surface area contributed by atoms with Crippen molar-refractivity contribution in [2.75, 3.05) is 25.3 Å². The average molecular weight is 474 g/mol. The number of carbonyl (C=O) groups is 1. The zero-order chi connectivity index (χ0) is 24.1. The van der Waals surface area contributed by atoms with Crippen molar-refractivity contribution in [2.24, 2.45) is 0 Å². The summed E-state index contributed by atoms with van der Waals surface area (Å²) in [7, 11) is 1.61. The summed E-state index contributed by atoms with van der Waals surface area (Å²) in [5, 5.41) is 3.92. The maximum absolute atomic E-state index is 12.8. The molecule has 0 unspecified atom stereocenters. The highest BCUT2D eigenvalue weighted by Gasteiger charge is 2.15. The van der Waals surface area contributed by atoms with Crippen molar-refractivity contribution in [1.82, 2.24) is 0 Å². The molecule has 0 saturated heterocycles. The quantitative estimate of drug-likeness (QED) is 0.215. The van der Waals surface area contributed by atoms with Crippen molar-refractivity contribution in [1.29, 1.82) is 0 Å². The summed E-state index contributed by atoms with van der Waals surface area (Å²) in [6.07, 6.45) is 5.32. The number of furan rings is 1. The Morgan fingerprint density at radius 2 is 1.88 bits per heavy atom. The van der Waals surface area contributed by atoms with Crippen LogP contribution in [0, 0.1) is 0 Å². The molecule has 6 heteroatoms. The number of methoxy groups -OCH3 is 1. The highest BCUT2D eigenvalue weighted by Crippen LogP contribution is 2.38. The van der Waals surface area contributed by atoms with Gasteiger partial charge in [-0.15, -0.1) is 11.8 Å². The minimum absolute atomic E-state index is 0.194. The number of ether oxygens (including phenoxy) is 2. The molecule has 174 valence electrons. The first-order valence-corrected chi connectivity index (χ1v) is 12.2. The van der Waals surface area contributed by atoms with Crippen LogP contribution in [0.2, 0.25) is 0 Å². The number of rotatable bonds is 8. The molecular formula is C28H27NO4S. The maximum atomic E-state index is 12.8. The molecule has 0 fully saturated rings. The molecule has 0 aliphatic rings. The third-order valence-corrected chi connectivity index (χ3v) is 6.31. The highest BCUT2D eigenvalue weighted by atomic mass is 32.2. The fourth-order valence-electron chi connectivity index (χ4n) is 3.84. The van der Waals surface area contributed by atoms with Gasteiger partial charge in [0.1, 0.15) is 17.1 Å². The maximum Gasteiger partial charge on any atom is 0.248 e. The predicted octanol–water partition coefficient (Wildman–Crippen LogP) is 7.27. The third kappa shape index (κ3) is 4.97. The van der Waals surface area contributed by atoms with E-state index in [9.17, 15) is 4.79 Å². The van der Waals surface area contributed by atoms with Crippen LogP contribution >= 0.6 is 11.8 Å². The molecule has 5 nitrogen and oxygen atoms in total. The van der Waals surface area contributed by atoms with E-state index in [1.165, 1.54) is 0 Å². The Morgan fingerprint density at radius 3 is 2.59 bits per heavy atom. The number of hydrogen-bond donors (Lipinski definition) is 1. The molecular weight excluding hydrogens is 446 g/mol. The van der Waals surface area contributed by atoms with Gasteiger partial charge in [0.05, 0.1) is 25.7 Å². The smallest absolute Gasteiger partial charge is 0.248 e. The topological polar surface area (TPSA) is 60.7 Å². The minimum atomic E-state index is -0.194. The van der Waals surface area contributed by atoms with Gasteiger partial charge in [0, 0.05) is 33.6 Å². The van der Waals surface area contributed by atoms with Gasteiger partial charge >= 0.3 is 0 Å². The lowest BCUT2D eigenvalue weighted by molar-refractivity contribution is -0.111. The lowest BCUT2D eigenvalue weighted by Gasteiger charge is -2.11. The van der Waals surface area contributed by atoms with Gasteiger partial charge in [0.2, 0.25) is 5.91 Å². The van der Waals surface area contributed by atoms with Crippen LogP contribution in [0.15, 0.2) is 82.3 Å². The van der Waals surface area contributed by atoms with Crippen LogP contribution in [-0.4, -0.2) is 25.9 Å². The molecule has 3 aromatic carbocycles. The van der Waals surface area contributed by atoms with Crippen molar-refractivity contribution in [3.05, 3.63) is 78.6 Å². The summed E-state index contributed by atoms with van der Waals surface area (Å²) in [5.41, 5.74) is 5.11. The monoisotopic (exact) mass is 473 g/mol. The largest absolute Gasteiger partial charge is 0.496 e. The van der Waals surface area contributed by atoms with Crippen LogP contribution in [0.1, 0.15) is 19.4 Å². The second-order valence-electron chi connectivity index (χ2n) is 7.67. The van der Waals surface area contributed by atoms with Crippen LogP contribution in [0.5, 0.6) is 11.5 Å². The Kier molecular flexibility index (Phi) is 7.28. The molecule has 0 spiro atoms. The van der Waals surface area contributed by atoms with E-state index in [1.807, 2.05) is 80.8 Å². The van der Waals surface area contributed by atoms with Crippen LogP contribution in [0.25, 0.3) is 27.7 Å². The van der Waals surface area contributed by atoms with Crippen molar-refractivity contribution in [3.63, 3.8) is 0 Å². The van der Waals surface area contributed by atoms with Crippen molar-refractivity contribution in [2.45, 2.75) is 18.7 Å². The van der Waals surface area contributed by atoms with E-state index in [-0.39, 0.29) is 5.91 Å². The second-order valence-corrected chi connectivity index (χ2v) is 8.52. The van der Waals surface area contributed by atoms with Gasteiger partial charge in [-0.05, 0) is 61.6 Å². The molecule has 0 atom stereocenters. The molecule has 0 aliphatic heterocycles. The molecule has 1 aromatic heterocycles. The molecule has 4 aromatic rings. The minimum Gasteiger partial charge on any atom is -0.496 e. The Labute approximate surface area is 203 Å². The standard InChI is InChI=1S/C28H27NO4S/c1-5-32-20-12-10-19(11-13-20)23-17-33-26-16-25(31-3)21(15-22(23)26)18(2)14-28(30)29-24-8-6-7-9-27(24)34-4/h6-17H,5H2,1-4H3,(H,29,30)/b18-14+. The molecule has 1 amide bonds. The summed E-state index contributed by atoms with van der Waals surface area (Å²) >= 11 is 1.59. The van der Waals surface area contributed by atoms with Crippen molar-refractivity contribution in [3.8, 4) is 22.6 Å². The highest BCUT2D eigenvalue weighted by molar-refractivity contribution is 7.98. The molecule has 0 bridgehead atoms. The lowest BCUT2D eigenvalue weighted by atomic mass is 9.99. The number of hydrogen-bond acceptors (Lipinski definition) is 5. The van der Waals surface area contributed by atoms with Gasteiger partial charge in [0.25, 0.3) is 0 Å². The number of para-hydroxylation sites is 1. The van der Waals surface area contributed by atoms with Crippen LogP contribution < -0.4 is 14.8 Å². The van der Waals surface area contributed by atoms with Gasteiger partial charge in [0.15, 0.2) is 0 Å². The number of benzene rings is 3. The molecule has 34 heavy (non-hydrogen) atoms. The number of amides is 1. The zero-order valence-corrected chi connectivity index (χ0v) is 20.5. The fourth-order valence-corrected chi connectivity index (χ4v) is 4.40. The second kappa shape index (κ2) is 10.5. The molecule has 0 saturated carbocycles. The summed E-state index contributed by atoms with van der Waals surface area (Å²) in [6.45, 7) is 4.49. The average Bonchev–Trinajstić information content (AvgIpc) is 3.27. The van der Waals surface area contributed by atoms with Gasteiger partial charge in [-0.25, -0.2) is 0 Å². The molecule has 0 aliphatic carbocycles. The van der Waals surface area contributed by atoms with E-state index in [0.29, 0.717) is 12.4 Å². The summed E-state index contributed by atoms with van der Waals surface area (Å²) < 4.78 is 17.0. The lowest BCUT2D eigenvalue weighted by Crippen LogP contribution is -2.09. The van der Waals surface area contributed by atoms with Gasteiger partial charge in [-0.2, -0.15) is 0 Å². The molecule has 4 rings (SSSR count). The van der Waals surface area contributed by atoms with Gasteiger partial charge in [-0.3, -0.25) is 4.79 Å². The molecule has 1 heterocycles. The van der Waals surface area contributed by atoms with Crippen molar-refractivity contribution >= 4 is 39.9 Å². The summed E-state index contributed by atoms with van der Waals surface area (Å²) in [6, 6.07) is 19.5. The normalized spacial score (nSPS) is 11.5. The fraction of sp³-hybridized carbons (Fsp3) is 0.179. The molecule has 1 N–H and O–H groups in total. The van der Waals surface area contributed by atoms with Crippen LogP contribution in [0.4, 0.5) is 5.69 Å². The Hall–Kier alpha value is -3.64. The van der Waals surface area contributed by atoms with E-state index in [1.54, 1.807) is 31.2 Å². The van der Waals surface area contributed by atoms with Gasteiger partial charge in [-0.1, -0.05) is 24.3 Å². The number of fused-ring (bicyclic) bond motifs is 1. The zero-order valence-electron chi connectivity index (χ0n) is 19.7. The first kappa shape index (κ1) is 23.5. The molecule has 0 radical (unpaired) electrons. The summed E-state index contributed by atoms with van der Waals surface area (Å²) in [4.78, 5) is 13.8. The van der Waals surface area contributed by atoms with E-state index in [0.717, 1.165) is 49.6 Å². The van der Waals surface area contributed by atoms with Crippen LogP contribution in [-0.2, 0) is 4.79 Å². The third-order valence-electron chi connectivity index (χ3n) is 5.51. The number of anilines is 1. The summed E-state index contributed by atoms with van der Waals surface area (Å²) in [5.74, 6) is 1.28. The Bertz CT molecular complexity index is 1340. The van der Waals surface area contributed by atoms with Gasteiger partial charge < -0.3 is 19.2 Å². The van der Waals surface area contributed by atoms with E-state index in [2.05, 4.69) is 5.32 Å². The number of carbonyl (C=O) groups excluding carboxylic acids is 1. The number of nitrogens with one attached hydrogen (secondary N) is 1. The number of allylic oxidation sites excluding steroid dienone is 1. The van der Waals surface area contributed by atoms with E-state index < -0.39 is 0 Å². The Morgan fingerprint density at radius 1 is 1.12 bits per heavy atom. The SMILES string of the molecule is CCOc1ccc(-c2coc3cc(OC)c(/C(C)=C/C(=O)Nc4ccccc4SC)cc23)cc1. The van der Waals surface area contributed by atoms with E-state index >= 15 is 0 Å². The first-order chi connectivity index (χ1) is 16.5.